The molecular weight excluding hydrogens is 236 g/mol. The summed E-state index contributed by atoms with van der Waals surface area (Å²) in [6.07, 6.45) is 3.67. The molecule has 2 N–H and O–H groups in total. The molecule has 1 aromatic rings. The molecule has 2 rings (SSSR count). The van der Waals surface area contributed by atoms with E-state index >= 15 is 0 Å². The number of piperidine rings is 1. The van der Waals surface area contributed by atoms with Crippen LogP contribution in [0, 0.1) is 5.92 Å². The zero-order valence-corrected chi connectivity index (χ0v) is 11.7. The average molecular weight is 260 g/mol. The van der Waals surface area contributed by atoms with Crippen molar-refractivity contribution in [1.82, 2.24) is 10.6 Å². The van der Waals surface area contributed by atoms with Gasteiger partial charge in [-0.3, -0.25) is 4.79 Å². The lowest BCUT2D eigenvalue weighted by molar-refractivity contribution is -0.122. The lowest BCUT2D eigenvalue weighted by atomic mass is 9.94. The number of benzene rings is 1. The Kier molecular flexibility index (Phi) is 5.40. The van der Waals surface area contributed by atoms with Gasteiger partial charge in [-0.25, -0.2) is 0 Å². The first-order chi connectivity index (χ1) is 9.25. The van der Waals surface area contributed by atoms with E-state index in [1.165, 1.54) is 5.56 Å². The molecule has 1 heterocycles. The second-order valence-corrected chi connectivity index (χ2v) is 5.48. The van der Waals surface area contributed by atoms with E-state index in [2.05, 4.69) is 29.7 Å². The van der Waals surface area contributed by atoms with Crippen LogP contribution in [-0.4, -0.2) is 25.0 Å². The van der Waals surface area contributed by atoms with E-state index in [1.54, 1.807) is 0 Å². The highest BCUT2D eigenvalue weighted by Gasteiger charge is 2.22. The summed E-state index contributed by atoms with van der Waals surface area (Å²) in [5.41, 5.74) is 1.31. The van der Waals surface area contributed by atoms with Crippen molar-refractivity contribution in [2.24, 2.45) is 5.92 Å². The van der Waals surface area contributed by atoms with Gasteiger partial charge in [0.1, 0.15) is 0 Å². The quantitative estimate of drug-likeness (QED) is 0.851. The monoisotopic (exact) mass is 260 g/mol. The molecule has 2 unspecified atom stereocenters. The van der Waals surface area contributed by atoms with E-state index in [9.17, 15) is 4.79 Å². The summed E-state index contributed by atoms with van der Waals surface area (Å²) in [7, 11) is 0. The fraction of sp³-hybridized carbons (Fsp3) is 0.562. The molecule has 2 atom stereocenters. The smallest absolute Gasteiger partial charge is 0.220 e. The van der Waals surface area contributed by atoms with Crippen LogP contribution >= 0.6 is 0 Å². The molecule has 1 aliphatic heterocycles. The van der Waals surface area contributed by atoms with Gasteiger partial charge in [-0.2, -0.15) is 0 Å². The summed E-state index contributed by atoms with van der Waals surface area (Å²) in [6, 6.07) is 10.7. The molecule has 0 saturated carbocycles. The maximum Gasteiger partial charge on any atom is 0.220 e. The highest BCUT2D eigenvalue weighted by molar-refractivity contribution is 5.76. The first-order valence-electron chi connectivity index (χ1n) is 7.29. The molecule has 19 heavy (non-hydrogen) atoms. The van der Waals surface area contributed by atoms with Gasteiger partial charge in [0, 0.05) is 19.0 Å². The molecule has 3 nitrogen and oxygen atoms in total. The van der Waals surface area contributed by atoms with Crippen molar-refractivity contribution in [1.29, 1.82) is 0 Å². The summed E-state index contributed by atoms with van der Waals surface area (Å²) in [5, 5.41) is 6.49. The third-order valence-electron chi connectivity index (χ3n) is 3.89. The van der Waals surface area contributed by atoms with Crippen LogP contribution in [0.5, 0.6) is 0 Å². The molecule has 1 fully saturated rings. The van der Waals surface area contributed by atoms with Crippen molar-refractivity contribution >= 4 is 5.91 Å². The number of carbonyl (C=O) groups is 1. The minimum absolute atomic E-state index is 0.191. The Morgan fingerprint density at radius 1 is 1.37 bits per heavy atom. The van der Waals surface area contributed by atoms with Crippen LogP contribution in [0.4, 0.5) is 0 Å². The third-order valence-corrected chi connectivity index (χ3v) is 3.89. The number of nitrogens with one attached hydrogen (secondary N) is 2. The second kappa shape index (κ2) is 7.29. The normalized spacial score (nSPS) is 23.0. The summed E-state index contributed by atoms with van der Waals surface area (Å²) >= 11 is 0. The summed E-state index contributed by atoms with van der Waals surface area (Å²) in [6.45, 7) is 4.20. The van der Waals surface area contributed by atoms with E-state index in [-0.39, 0.29) is 5.91 Å². The molecular formula is C16H24N2O. The van der Waals surface area contributed by atoms with Crippen LogP contribution in [0.1, 0.15) is 31.7 Å². The van der Waals surface area contributed by atoms with Gasteiger partial charge in [-0.1, -0.05) is 37.3 Å². The van der Waals surface area contributed by atoms with Gasteiger partial charge in [0.15, 0.2) is 0 Å². The molecule has 0 radical (unpaired) electrons. The van der Waals surface area contributed by atoms with Crippen LogP contribution in [-0.2, 0) is 11.2 Å². The highest BCUT2D eigenvalue weighted by Crippen LogP contribution is 2.11. The second-order valence-electron chi connectivity index (χ2n) is 5.48. The molecule has 1 amide bonds. The maximum atomic E-state index is 11.9. The molecule has 0 aromatic heterocycles. The standard InChI is InChI=1S/C16H24N2O/c1-13-10-11-17-12-15(13)18-16(19)9-5-8-14-6-3-2-4-7-14/h2-4,6-7,13,15,17H,5,8-12H2,1H3,(H,18,19). The first kappa shape index (κ1) is 14.1. The van der Waals surface area contributed by atoms with Crippen molar-refractivity contribution in [2.45, 2.75) is 38.6 Å². The van der Waals surface area contributed by atoms with Gasteiger partial charge in [0.2, 0.25) is 5.91 Å². The van der Waals surface area contributed by atoms with Crippen LogP contribution in [0.15, 0.2) is 30.3 Å². The average Bonchev–Trinajstić information content (AvgIpc) is 2.43. The predicted molar refractivity (Wildman–Crippen MR) is 78.0 cm³/mol. The number of amides is 1. The van der Waals surface area contributed by atoms with Crippen molar-refractivity contribution < 1.29 is 4.79 Å². The molecule has 104 valence electrons. The van der Waals surface area contributed by atoms with Gasteiger partial charge >= 0.3 is 0 Å². The van der Waals surface area contributed by atoms with Gasteiger partial charge in [0.05, 0.1) is 0 Å². The van der Waals surface area contributed by atoms with E-state index in [1.807, 2.05) is 18.2 Å². The molecule has 0 bridgehead atoms. The highest BCUT2D eigenvalue weighted by atomic mass is 16.1. The van der Waals surface area contributed by atoms with E-state index < -0.39 is 0 Å². The van der Waals surface area contributed by atoms with E-state index in [4.69, 9.17) is 0 Å². The number of hydrogen-bond donors (Lipinski definition) is 2. The predicted octanol–water partition coefficient (Wildman–Crippen LogP) is 2.12. The maximum absolute atomic E-state index is 11.9. The first-order valence-corrected chi connectivity index (χ1v) is 7.29. The van der Waals surface area contributed by atoms with Crippen LogP contribution in [0.2, 0.25) is 0 Å². The van der Waals surface area contributed by atoms with E-state index in [0.717, 1.165) is 32.4 Å². The fourth-order valence-electron chi connectivity index (χ4n) is 2.56. The Hall–Kier alpha value is -1.35. The number of rotatable bonds is 5. The van der Waals surface area contributed by atoms with Gasteiger partial charge in [-0.15, -0.1) is 0 Å². The van der Waals surface area contributed by atoms with Crippen molar-refractivity contribution in [3.8, 4) is 0 Å². The molecule has 0 spiro atoms. The Morgan fingerprint density at radius 2 is 2.16 bits per heavy atom. The molecule has 1 aliphatic rings. The zero-order valence-electron chi connectivity index (χ0n) is 11.7. The number of hydrogen-bond acceptors (Lipinski definition) is 2. The van der Waals surface area contributed by atoms with Crippen LogP contribution < -0.4 is 10.6 Å². The Labute approximate surface area is 115 Å². The number of aryl methyl sites for hydroxylation is 1. The minimum atomic E-state index is 0.191. The minimum Gasteiger partial charge on any atom is -0.352 e. The lowest BCUT2D eigenvalue weighted by Crippen LogP contribution is -2.50. The van der Waals surface area contributed by atoms with Gasteiger partial charge in [0.25, 0.3) is 0 Å². The molecule has 0 aliphatic carbocycles. The molecule has 1 aromatic carbocycles. The van der Waals surface area contributed by atoms with E-state index in [0.29, 0.717) is 18.4 Å². The SMILES string of the molecule is CC1CCNCC1NC(=O)CCCc1ccccc1. The summed E-state index contributed by atoms with van der Waals surface area (Å²) in [4.78, 5) is 11.9. The Bertz CT molecular complexity index is 391. The number of carbonyl (C=O) groups excluding carboxylic acids is 1. The van der Waals surface area contributed by atoms with Crippen molar-refractivity contribution in [3.63, 3.8) is 0 Å². The van der Waals surface area contributed by atoms with Gasteiger partial charge in [-0.05, 0) is 37.3 Å². The Balaban J connectivity index is 1.67. The Morgan fingerprint density at radius 3 is 2.89 bits per heavy atom. The third kappa shape index (κ3) is 4.67. The topological polar surface area (TPSA) is 41.1 Å². The van der Waals surface area contributed by atoms with Crippen molar-refractivity contribution in [2.75, 3.05) is 13.1 Å². The van der Waals surface area contributed by atoms with Crippen LogP contribution in [0.25, 0.3) is 0 Å². The molecule has 1 saturated heterocycles. The molecule has 3 heteroatoms. The lowest BCUT2D eigenvalue weighted by Gasteiger charge is -2.30. The van der Waals surface area contributed by atoms with Crippen molar-refractivity contribution in [3.05, 3.63) is 35.9 Å². The van der Waals surface area contributed by atoms with Gasteiger partial charge < -0.3 is 10.6 Å². The summed E-state index contributed by atoms with van der Waals surface area (Å²) < 4.78 is 0. The zero-order chi connectivity index (χ0) is 13.5. The largest absolute Gasteiger partial charge is 0.352 e. The fourth-order valence-corrected chi connectivity index (χ4v) is 2.56. The summed E-state index contributed by atoms with van der Waals surface area (Å²) in [5.74, 6) is 0.774. The van der Waals surface area contributed by atoms with Crippen LogP contribution in [0.3, 0.4) is 0 Å².